The molecule has 1 rings (SSSR count). The Morgan fingerprint density at radius 2 is 1.75 bits per heavy atom. The van der Waals surface area contributed by atoms with Gasteiger partial charge in [-0.05, 0) is 16.9 Å². The molecule has 2 atom stereocenters. The maximum atomic E-state index is 12.5. The summed E-state index contributed by atoms with van der Waals surface area (Å²) in [5, 5.41) is 0.794. The molecule has 0 saturated heterocycles. The van der Waals surface area contributed by atoms with Crippen LogP contribution in [0.2, 0.25) is 0 Å². The van der Waals surface area contributed by atoms with Crippen molar-refractivity contribution in [3.8, 4) is 0 Å². The molecule has 94 valence electrons. The normalized spacial score (nSPS) is 31.7. The molecule has 0 saturated carbocycles. The molecule has 0 unspecified atom stereocenters. The first-order valence-electron chi connectivity index (χ1n) is 5.58. The summed E-state index contributed by atoms with van der Waals surface area (Å²) < 4.78 is 23.3. The maximum Gasteiger partial charge on any atom is 0.357 e. The molecule has 1 aliphatic rings. The largest absolute Gasteiger partial charge is 0.357 e. The maximum absolute atomic E-state index is 12.5. The minimum absolute atomic E-state index is 0.0683. The van der Waals surface area contributed by atoms with Crippen molar-refractivity contribution in [1.29, 1.82) is 0 Å². The van der Waals surface area contributed by atoms with E-state index in [0.717, 1.165) is 5.31 Å². The fourth-order valence-electron chi connectivity index (χ4n) is 1.68. The van der Waals surface area contributed by atoms with E-state index in [1.165, 1.54) is 7.11 Å². The topological polar surface area (TPSA) is 35.5 Å². The number of hydrogen-bond acceptors (Lipinski definition) is 3. The van der Waals surface area contributed by atoms with Crippen LogP contribution in [0, 0.1) is 10.8 Å². The van der Waals surface area contributed by atoms with Gasteiger partial charge in [-0.25, -0.2) is 0 Å². The third kappa shape index (κ3) is 2.58. The minimum atomic E-state index is -3.07. The van der Waals surface area contributed by atoms with E-state index < -0.39 is 7.60 Å². The van der Waals surface area contributed by atoms with Crippen LogP contribution in [0.15, 0.2) is 11.4 Å². The van der Waals surface area contributed by atoms with Crippen molar-refractivity contribution in [2.75, 3.05) is 7.11 Å². The summed E-state index contributed by atoms with van der Waals surface area (Å²) in [6.07, 6.45) is 1.83. The van der Waals surface area contributed by atoms with Crippen LogP contribution in [-0.4, -0.2) is 13.2 Å². The van der Waals surface area contributed by atoms with Crippen molar-refractivity contribution in [3.63, 3.8) is 0 Å². The van der Waals surface area contributed by atoms with Crippen molar-refractivity contribution in [3.05, 3.63) is 11.4 Å². The van der Waals surface area contributed by atoms with E-state index in [0.29, 0.717) is 0 Å². The Kier molecular flexibility index (Phi) is 3.46. The van der Waals surface area contributed by atoms with Gasteiger partial charge >= 0.3 is 7.60 Å². The average molecular weight is 246 g/mol. The molecule has 0 radical (unpaired) electrons. The van der Waals surface area contributed by atoms with Gasteiger partial charge in [-0.2, -0.15) is 0 Å². The van der Waals surface area contributed by atoms with Crippen LogP contribution in [0.1, 0.15) is 41.5 Å². The highest BCUT2D eigenvalue weighted by Gasteiger charge is 2.46. The second kappa shape index (κ2) is 3.97. The molecule has 0 amide bonds. The standard InChI is InChI=1S/C12H23O3P/c1-11(2,3)9-8-10(12(4,5)6)16(13,14-7)15-9/h8-9H,1-7H3/t9-,16+/m0/s1. The van der Waals surface area contributed by atoms with Crippen molar-refractivity contribution in [1.82, 2.24) is 0 Å². The van der Waals surface area contributed by atoms with E-state index in [1.54, 1.807) is 0 Å². The van der Waals surface area contributed by atoms with Crippen LogP contribution in [-0.2, 0) is 13.6 Å². The summed E-state index contributed by atoms with van der Waals surface area (Å²) >= 11 is 0. The van der Waals surface area contributed by atoms with Crippen LogP contribution in [0.4, 0.5) is 0 Å². The van der Waals surface area contributed by atoms with Gasteiger partial charge in [0.1, 0.15) is 0 Å². The van der Waals surface area contributed by atoms with Crippen LogP contribution in [0.25, 0.3) is 0 Å². The average Bonchev–Trinajstić information content (AvgIpc) is 2.42. The first-order valence-corrected chi connectivity index (χ1v) is 7.12. The van der Waals surface area contributed by atoms with Gasteiger partial charge in [-0.15, -0.1) is 0 Å². The van der Waals surface area contributed by atoms with Gasteiger partial charge in [0.2, 0.25) is 0 Å². The van der Waals surface area contributed by atoms with Gasteiger partial charge in [0.05, 0.1) is 6.10 Å². The molecule has 0 aliphatic carbocycles. The first kappa shape index (κ1) is 14.0. The smallest absolute Gasteiger partial charge is 0.309 e. The van der Waals surface area contributed by atoms with Crippen molar-refractivity contribution >= 4 is 7.60 Å². The monoisotopic (exact) mass is 246 g/mol. The Labute approximate surface area is 98.7 Å². The van der Waals surface area contributed by atoms with Gasteiger partial charge in [-0.3, -0.25) is 9.09 Å². The van der Waals surface area contributed by atoms with Crippen molar-refractivity contribution in [2.24, 2.45) is 10.8 Å². The lowest BCUT2D eigenvalue weighted by Crippen LogP contribution is -2.23. The van der Waals surface area contributed by atoms with Gasteiger partial charge < -0.3 is 4.52 Å². The molecular weight excluding hydrogens is 223 g/mol. The first-order chi connectivity index (χ1) is 7.00. The van der Waals surface area contributed by atoms with E-state index >= 15 is 0 Å². The van der Waals surface area contributed by atoms with Crippen LogP contribution < -0.4 is 0 Å². The molecule has 0 N–H and O–H groups in total. The quantitative estimate of drug-likeness (QED) is 0.650. The molecule has 4 heteroatoms. The number of hydrogen-bond donors (Lipinski definition) is 0. The second-order valence-electron chi connectivity index (χ2n) is 6.37. The Bertz CT molecular complexity index is 344. The zero-order chi connectivity index (χ0) is 12.8. The van der Waals surface area contributed by atoms with Gasteiger partial charge in [-0.1, -0.05) is 41.5 Å². The highest BCUT2D eigenvalue weighted by molar-refractivity contribution is 7.58. The third-order valence-corrected chi connectivity index (χ3v) is 5.11. The fraction of sp³-hybridized carbons (Fsp3) is 0.833. The van der Waals surface area contributed by atoms with Crippen LogP contribution in [0.5, 0.6) is 0 Å². The zero-order valence-corrected chi connectivity index (χ0v) is 12.2. The predicted molar refractivity (Wildman–Crippen MR) is 66.5 cm³/mol. The molecular formula is C12H23O3P. The SMILES string of the molecule is CO[P@@]1(=O)O[C@H](C(C)(C)C)C=C1C(C)(C)C. The minimum Gasteiger partial charge on any atom is -0.309 e. The van der Waals surface area contributed by atoms with Crippen molar-refractivity contribution < 1.29 is 13.6 Å². The second-order valence-corrected chi connectivity index (χ2v) is 8.43. The highest BCUT2D eigenvalue weighted by atomic mass is 31.2. The van der Waals surface area contributed by atoms with E-state index in [1.807, 2.05) is 26.8 Å². The summed E-state index contributed by atoms with van der Waals surface area (Å²) in [4.78, 5) is 0. The molecule has 0 spiro atoms. The Morgan fingerprint density at radius 3 is 2.00 bits per heavy atom. The van der Waals surface area contributed by atoms with Crippen LogP contribution >= 0.6 is 7.60 Å². The zero-order valence-electron chi connectivity index (χ0n) is 11.3. The molecule has 0 aromatic heterocycles. The van der Waals surface area contributed by atoms with E-state index in [9.17, 15) is 4.57 Å². The van der Waals surface area contributed by atoms with E-state index in [-0.39, 0.29) is 16.9 Å². The van der Waals surface area contributed by atoms with E-state index in [4.69, 9.17) is 9.05 Å². The summed E-state index contributed by atoms with van der Waals surface area (Å²) in [7, 11) is -1.62. The molecule has 1 aliphatic heterocycles. The molecule has 0 fully saturated rings. The predicted octanol–water partition coefficient (Wildman–Crippen LogP) is 4.20. The fourth-order valence-corrected chi connectivity index (χ4v) is 3.89. The Morgan fingerprint density at radius 1 is 1.25 bits per heavy atom. The summed E-state index contributed by atoms with van der Waals surface area (Å²) in [6.45, 7) is 12.3. The summed E-state index contributed by atoms with van der Waals surface area (Å²) in [5.74, 6) is 0. The summed E-state index contributed by atoms with van der Waals surface area (Å²) in [5.41, 5.74) is -0.257. The Balaban J connectivity index is 3.16. The lowest BCUT2D eigenvalue weighted by Gasteiger charge is -2.26. The number of rotatable bonds is 1. The molecule has 0 bridgehead atoms. The molecule has 1 heterocycles. The lowest BCUT2D eigenvalue weighted by molar-refractivity contribution is 0.118. The van der Waals surface area contributed by atoms with Gasteiger partial charge in [0, 0.05) is 12.4 Å². The molecule has 0 aromatic rings. The highest BCUT2D eigenvalue weighted by Crippen LogP contribution is 2.67. The molecule has 3 nitrogen and oxygen atoms in total. The summed E-state index contributed by atoms with van der Waals surface area (Å²) in [6, 6.07) is 0. The van der Waals surface area contributed by atoms with Crippen LogP contribution in [0.3, 0.4) is 0 Å². The lowest BCUT2D eigenvalue weighted by atomic mass is 9.86. The van der Waals surface area contributed by atoms with Crippen molar-refractivity contribution in [2.45, 2.75) is 47.6 Å². The van der Waals surface area contributed by atoms with Gasteiger partial charge in [0.15, 0.2) is 0 Å². The number of allylic oxidation sites excluding steroid dienone is 1. The van der Waals surface area contributed by atoms with Gasteiger partial charge in [0.25, 0.3) is 0 Å². The molecule has 0 aromatic carbocycles. The van der Waals surface area contributed by atoms with E-state index in [2.05, 4.69) is 20.8 Å². The third-order valence-electron chi connectivity index (χ3n) is 2.72. The molecule has 16 heavy (non-hydrogen) atoms. The Hall–Kier alpha value is -0.110.